The largest absolute Gasteiger partial charge is 0.391 e. The molecule has 0 bridgehead atoms. The van der Waals surface area contributed by atoms with E-state index in [9.17, 15) is 9.90 Å². The summed E-state index contributed by atoms with van der Waals surface area (Å²) < 4.78 is 1.62. The molecule has 1 aromatic heterocycles. The van der Waals surface area contributed by atoms with E-state index in [1.807, 2.05) is 26.8 Å². The summed E-state index contributed by atoms with van der Waals surface area (Å²) in [6.45, 7) is 6.05. The number of hydrogen-bond acceptors (Lipinski definition) is 3. The van der Waals surface area contributed by atoms with E-state index in [-0.39, 0.29) is 18.5 Å². The summed E-state index contributed by atoms with van der Waals surface area (Å²) in [5, 5.41) is 19.1. The van der Waals surface area contributed by atoms with Crippen molar-refractivity contribution in [2.24, 2.45) is 13.0 Å². The number of rotatable bonds is 5. The van der Waals surface area contributed by atoms with E-state index in [0.717, 1.165) is 12.1 Å². The van der Waals surface area contributed by atoms with Crippen LogP contribution in [0.1, 0.15) is 26.5 Å². The van der Waals surface area contributed by atoms with Crippen molar-refractivity contribution in [3.63, 3.8) is 0 Å². The van der Waals surface area contributed by atoms with Crippen LogP contribution < -0.4 is 10.6 Å². The first-order valence-electron chi connectivity index (χ1n) is 6.19. The fourth-order valence-electron chi connectivity index (χ4n) is 1.41. The third kappa shape index (κ3) is 4.03. The SMILES string of the molecule is CCc1cc(NC(=O)NCC(O)C(C)C)n(C)n1. The van der Waals surface area contributed by atoms with Crippen molar-refractivity contribution < 1.29 is 9.90 Å². The van der Waals surface area contributed by atoms with Crippen LogP contribution in [-0.4, -0.2) is 33.6 Å². The Hall–Kier alpha value is -1.56. The summed E-state index contributed by atoms with van der Waals surface area (Å²) in [7, 11) is 1.78. The second-order valence-electron chi connectivity index (χ2n) is 4.64. The van der Waals surface area contributed by atoms with Gasteiger partial charge in [-0.25, -0.2) is 4.79 Å². The van der Waals surface area contributed by atoms with Gasteiger partial charge in [-0.15, -0.1) is 0 Å². The standard InChI is InChI=1S/C12H22N4O2/c1-5-9-6-11(16(4)15-9)14-12(18)13-7-10(17)8(2)3/h6,8,10,17H,5,7H2,1-4H3,(H2,13,14,18). The van der Waals surface area contributed by atoms with E-state index < -0.39 is 6.10 Å². The van der Waals surface area contributed by atoms with Gasteiger partial charge in [-0.05, 0) is 12.3 Å². The Balaban J connectivity index is 2.46. The van der Waals surface area contributed by atoms with Crippen LogP contribution in [0.5, 0.6) is 0 Å². The third-order valence-electron chi connectivity index (χ3n) is 2.78. The van der Waals surface area contributed by atoms with E-state index >= 15 is 0 Å². The van der Waals surface area contributed by atoms with Crippen LogP contribution in [0.4, 0.5) is 10.6 Å². The van der Waals surface area contributed by atoms with Crippen molar-refractivity contribution in [1.82, 2.24) is 15.1 Å². The van der Waals surface area contributed by atoms with Crippen LogP contribution in [0.2, 0.25) is 0 Å². The highest BCUT2D eigenvalue weighted by atomic mass is 16.3. The average Bonchev–Trinajstić information content (AvgIpc) is 2.67. The average molecular weight is 254 g/mol. The van der Waals surface area contributed by atoms with Crippen LogP contribution >= 0.6 is 0 Å². The number of urea groups is 1. The van der Waals surface area contributed by atoms with Gasteiger partial charge in [0.05, 0.1) is 11.8 Å². The zero-order valence-electron chi connectivity index (χ0n) is 11.4. The lowest BCUT2D eigenvalue weighted by Gasteiger charge is -2.15. The van der Waals surface area contributed by atoms with E-state index in [1.54, 1.807) is 11.7 Å². The molecule has 0 saturated carbocycles. The monoisotopic (exact) mass is 254 g/mol. The molecular formula is C12H22N4O2. The summed E-state index contributed by atoms with van der Waals surface area (Å²) in [4.78, 5) is 11.6. The molecule has 3 N–H and O–H groups in total. The number of aliphatic hydroxyl groups excluding tert-OH is 1. The van der Waals surface area contributed by atoms with Gasteiger partial charge in [0.25, 0.3) is 0 Å². The van der Waals surface area contributed by atoms with Gasteiger partial charge in [0.15, 0.2) is 0 Å². The molecular weight excluding hydrogens is 232 g/mol. The lowest BCUT2D eigenvalue weighted by molar-refractivity contribution is 0.126. The predicted molar refractivity (Wildman–Crippen MR) is 70.5 cm³/mol. The number of anilines is 1. The first kappa shape index (κ1) is 14.5. The maximum atomic E-state index is 11.6. The zero-order chi connectivity index (χ0) is 13.7. The molecule has 0 fully saturated rings. The smallest absolute Gasteiger partial charge is 0.320 e. The summed E-state index contributed by atoms with van der Waals surface area (Å²) in [5.41, 5.74) is 0.926. The minimum Gasteiger partial charge on any atom is -0.391 e. The molecule has 102 valence electrons. The van der Waals surface area contributed by atoms with Gasteiger partial charge in [0.1, 0.15) is 5.82 Å². The highest BCUT2D eigenvalue weighted by Gasteiger charge is 2.12. The minimum atomic E-state index is -0.534. The molecule has 1 heterocycles. The molecule has 1 aromatic rings. The maximum Gasteiger partial charge on any atom is 0.320 e. The van der Waals surface area contributed by atoms with Crippen molar-refractivity contribution in [1.29, 1.82) is 0 Å². The molecule has 0 spiro atoms. The van der Waals surface area contributed by atoms with E-state index in [2.05, 4.69) is 15.7 Å². The first-order chi connectivity index (χ1) is 8.43. The predicted octanol–water partition coefficient (Wildman–Crippen LogP) is 1.12. The summed E-state index contributed by atoms with van der Waals surface area (Å²) >= 11 is 0. The number of carbonyl (C=O) groups excluding carboxylic acids is 1. The second-order valence-corrected chi connectivity index (χ2v) is 4.64. The fourth-order valence-corrected chi connectivity index (χ4v) is 1.41. The molecule has 0 aliphatic heterocycles. The summed E-state index contributed by atoms with van der Waals surface area (Å²) in [6, 6.07) is 1.50. The topological polar surface area (TPSA) is 79.2 Å². The van der Waals surface area contributed by atoms with Crippen molar-refractivity contribution in [3.8, 4) is 0 Å². The molecule has 1 rings (SSSR count). The molecule has 0 aromatic carbocycles. The quantitative estimate of drug-likeness (QED) is 0.736. The van der Waals surface area contributed by atoms with Gasteiger partial charge in [-0.2, -0.15) is 5.10 Å². The van der Waals surface area contributed by atoms with E-state index in [0.29, 0.717) is 5.82 Å². The Morgan fingerprint density at radius 2 is 2.22 bits per heavy atom. The molecule has 18 heavy (non-hydrogen) atoms. The number of nitrogens with zero attached hydrogens (tertiary/aromatic N) is 2. The van der Waals surface area contributed by atoms with Crippen LogP contribution in [0.25, 0.3) is 0 Å². The van der Waals surface area contributed by atoms with Crippen LogP contribution in [0.15, 0.2) is 6.07 Å². The molecule has 0 aliphatic rings. The number of carbonyl (C=O) groups is 1. The van der Waals surface area contributed by atoms with Crippen LogP contribution in [0, 0.1) is 5.92 Å². The Morgan fingerprint density at radius 1 is 1.56 bits per heavy atom. The summed E-state index contributed by atoms with van der Waals surface area (Å²) in [5.74, 6) is 0.761. The molecule has 6 nitrogen and oxygen atoms in total. The lowest BCUT2D eigenvalue weighted by Crippen LogP contribution is -2.37. The summed E-state index contributed by atoms with van der Waals surface area (Å²) in [6.07, 6.45) is 0.289. The maximum absolute atomic E-state index is 11.6. The van der Waals surface area contributed by atoms with E-state index in [1.165, 1.54) is 0 Å². The molecule has 0 aliphatic carbocycles. The highest BCUT2D eigenvalue weighted by Crippen LogP contribution is 2.09. The van der Waals surface area contributed by atoms with Crippen molar-refractivity contribution in [2.75, 3.05) is 11.9 Å². The van der Waals surface area contributed by atoms with Crippen molar-refractivity contribution in [3.05, 3.63) is 11.8 Å². The van der Waals surface area contributed by atoms with E-state index in [4.69, 9.17) is 0 Å². The molecule has 2 amide bonds. The number of amides is 2. The number of aliphatic hydroxyl groups is 1. The normalized spacial score (nSPS) is 12.6. The number of hydrogen-bond donors (Lipinski definition) is 3. The Bertz CT molecular complexity index is 401. The third-order valence-corrected chi connectivity index (χ3v) is 2.78. The highest BCUT2D eigenvalue weighted by molar-refractivity contribution is 5.88. The van der Waals surface area contributed by atoms with Crippen molar-refractivity contribution >= 4 is 11.8 Å². The number of aromatic nitrogens is 2. The van der Waals surface area contributed by atoms with Gasteiger partial charge in [-0.3, -0.25) is 10.00 Å². The first-order valence-corrected chi connectivity index (χ1v) is 6.19. The lowest BCUT2D eigenvalue weighted by atomic mass is 10.1. The molecule has 1 unspecified atom stereocenters. The molecule has 0 radical (unpaired) electrons. The number of aryl methyl sites for hydroxylation is 2. The zero-order valence-corrected chi connectivity index (χ0v) is 11.4. The van der Waals surface area contributed by atoms with Gasteiger partial charge in [-0.1, -0.05) is 20.8 Å². The Morgan fingerprint density at radius 3 is 2.72 bits per heavy atom. The minimum absolute atomic E-state index is 0.119. The second kappa shape index (κ2) is 6.39. The van der Waals surface area contributed by atoms with Crippen molar-refractivity contribution in [2.45, 2.75) is 33.3 Å². The molecule has 0 saturated heterocycles. The van der Waals surface area contributed by atoms with Gasteiger partial charge >= 0.3 is 6.03 Å². The Kier molecular flexibility index (Phi) is 5.15. The van der Waals surface area contributed by atoms with Gasteiger partial charge in [0.2, 0.25) is 0 Å². The van der Waals surface area contributed by atoms with Crippen LogP contribution in [0.3, 0.4) is 0 Å². The molecule has 6 heteroatoms. The fraction of sp³-hybridized carbons (Fsp3) is 0.667. The van der Waals surface area contributed by atoms with Gasteiger partial charge in [0, 0.05) is 19.7 Å². The Labute approximate surface area is 107 Å². The molecule has 1 atom stereocenters. The number of nitrogens with one attached hydrogen (secondary N) is 2. The van der Waals surface area contributed by atoms with Crippen LogP contribution in [-0.2, 0) is 13.5 Å². The van der Waals surface area contributed by atoms with Gasteiger partial charge < -0.3 is 10.4 Å².